The summed E-state index contributed by atoms with van der Waals surface area (Å²) in [5.74, 6) is -1.35. The lowest BCUT2D eigenvalue weighted by molar-refractivity contribution is -0.143. The van der Waals surface area contributed by atoms with Gasteiger partial charge in [0.1, 0.15) is 11.1 Å². The molecule has 0 aliphatic carbocycles. The summed E-state index contributed by atoms with van der Waals surface area (Å²) in [5, 5.41) is 18.9. The van der Waals surface area contributed by atoms with Crippen LogP contribution in [0, 0.1) is 6.92 Å². The zero-order chi connectivity index (χ0) is 16.2. The van der Waals surface area contributed by atoms with Gasteiger partial charge in [-0.3, -0.25) is 14.7 Å². The van der Waals surface area contributed by atoms with E-state index in [2.05, 4.69) is 15.5 Å². The van der Waals surface area contributed by atoms with Gasteiger partial charge in [-0.1, -0.05) is 37.3 Å². The van der Waals surface area contributed by atoms with Crippen molar-refractivity contribution in [2.75, 3.05) is 6.54 Å². The van der Waals surface area contributed by atoms with Crippen LogP contribution in [-0.4, -0.2) is 33.7 Å². The van der Waals surface area contributed by atoms with E-state index in [1.165, 1.54) is 0 Å². The van der Waals surface area contributed by atoms with Crippen LogP contribution in [-0.2, 0) is 10.2 Å². The maximum atomic E-state index is 12.1. The molecule has 1 aromatic carbocycles. The van der Waals surface area contributed by atoms with Crippen molar-refractivity contribution in [1.29, 1.82) is 0 Å². The molecule has 2 rings (SSSR count). The normalized spacial score (nSPS) is 13.4. The van der Waals surface area contributed by atoms with Gasteiger partial charge in [0.05, 0.1) is 0 Å². The zero-order valence-corrected chi connectivity index (χ0v) is 12.6. The Kier molecular flexibility index (Phi) is 4.60. The van der Waals surface area contributed by atoms with E-state index in [-0.39, 0.29) is 18.1 Å². The number of aliphatic carboxylic acids is 1. The van der Waals surface area contributed by atoms with Gasteiger partial charge in [-0.2, -0.15) is 5.10 Å². The number of aromatic nitrogens is 2. The van der Waals surface area contributed by atoms with Gasteiger partial charge in [-0.15, -0.1) is 0 Å². The fourth-order valence-electron chi connectivity index (χ4n) is 2.39. The Hall–Kier alpha value is -2.63. The number of H-pyrrole nitrogens is 1. The lowest BCUT2D eigenvalue weighted by Crippen LogP contribution is -2.46. The number of carboxylic acids is 1. The highest BCUT2D eigenvalue weighted by atomic mass is 16.4. The highest BCUT2D eigenvalue weighted by Crippen LogP contribution is 2.27. The van der Waals surface area contributed by atoms with Crippen molar-refractivity contribution in [1.82, 2.24) is 15.5 Å². The van der Waals surface area contributed by atoms with Gasteiger partial charge >= 0.3 is 5.97 Å². The first-order valence-electron chi connectivity index (χ1n) is 7.08. The second-order valence-electron chi connectivity index (χ2n) is 5.23. The van der Waals surface area contributed by atoms with Crippen molar-refractivity contribution >= 4 is 11.9 Å². The van der Waals surface area contributed by atoms with Crippen LogP contribution in [0.3, 0.4) is 0 Å². The van der Waals surface area contributed by atoms with Crippen LogP contribution in [0.5, 0.6) is 0 Å². The minimum atomic E-state index is -1.15. The van der Waals surface area contributed by atoms with Crippen LogP contribution in [0.4, 0.5) is 0 Å². The monoisotopic (exact) mass is 301 g/mol. The van der Waals surface area contributed by atoms with Gasteiger partial charge in [0.25, 0.3) is 5.91 Å². The molecule has 1 amide bonds. The smallest absolute Gasteiger partial charge is 0.315 e. The van der Waals surface area contributed by atoms with Crippen molar-refractivity contribution in [2.45, 2.75) is 25.7 Å². The summed E-state index contributed by atoms with van der Waals surface area (Å²) < 4.78 is 0. The van der Waals surface area contributed by atoms with Gasteiger partial charge in [0.15, 0.2) is 0 Å². The molecule has 116 valence electrons. The molecule has 0 radical (unpaired) electrons. The minimum absolute atomic E-state index is 0.00753. The topological polar surface area (TPSA) is 95.1 Å². The third kappa shape index (κ3) is 3.00. The first-order valence-corrected chi connectivity index (χ1v) is 7.08. The number of hydrogen-bond acceptors (Lipinski definition) is 3. The summed E-state index contributed by atoms with van der Waals surface area (Å²) in [5.41, 5.74) is 0.542. The molecule has 2 aromatic rings. The Morgan fingerprint density at radius 3 is 2.50 bits per heavy atom. The molecular weight excluding hydrogens is 282 g/mol. The highest BCUT2D eigenvalue weighted by Gasteiger charge is 2.39. The molecule has 0 saturated heterocycles. The number of aromatic amines is 1. The summed E-state index contributed by atoms with van der Waals surface area (Å²) in [6.45, 7) is 3.60. The van der Waals surface area contributed by atoms with Crippen LogP contribution in [0.2, 0.25) is 0 Å². The fourth-order valence-corrected chi connectivity index (χ4v) is 2.39. The molecule has 1 heterocycles. The number of rotatable bonds is 6. The second-order valence-corrected chi connectivity index (χ2v) is 5.23. The van der Waals surface area contributed by atoms with E-state index in [1.807, 2.05) is 6.07 Å². The summed E-state index contributed by atoms with van der Waals surface area (Å²) in [7, 11) is 0. The number of carboxylic acid groups (broad SMARTS) is 1. The van der Waals surface area contributed by atoms with Gasteiger partial charge in [-0.25, -0.2) is 0 Å². The first-order chi connectivity index (χ1) is 10.5. The maximum Gasteiger partial charge on any atom is 0.315 e. The number of amides is 1. The van der Waals surface area contributed by atoms with E-state index in [9.17, 15) is 14.7 Å². The van der Waals surface area contributed by atoms with Crippen LogP contribution >= 0.6 is 0 Å². The molecule has 0 aliphatic heterocycles. The quantitative estimate of drug-likeness (QED) is 0.759. The summed E-state index contributed by atoms with van der Waals surface area (Å²) >= 11 is 0. The van der Waals surface area contributed by atoms with E-state index in [4.69, 9.17) is 0 Å². The Labute approximate surface area is 128 Å². The molecule has 0 aliphatic rings. The van der Waals surface area contributed by atoms with E-state index in [0.29, 0.717) is 12.0 Å². The number of nitrogens with one attached hydrogen (secondary N) is 2. The average Bonchev–Trinajstić information content (AvgIpc) is 2.95. The third-order valence-corrected chi connectivity index (χ3v) is 3.83. The number of benzene rings is 1. The van der Waals surface area contributed by atoms with Crippen LogP contribution in [0.1, 0.15) is 35.1 Å². The molecule has 6 heteroatoms. The standard InChI is InChI=1S/C16H19N3O3/c1-3-16(15(21)22,12-7-5-4-6-8-12)10-17-14(20)13-9-11(2)18-19-13/h4-9H,3,10H2,1-2H3,(H,17,20)(H,18,19)(H,21,22). The molecule has 0 saturated carbocycles. The van der Waals surface area contributed by atoms with E-state index < -0.39 is 11.4 Å². The minimum Gasteiger partial charge on any atom is -0.481 e. The van der Waals surface area contributed by atoms with Crippen LogP contribution in [0.15, 0.2) is 36.4 Å². The van der Waals surface area contributed by atoms with Crippen molar-refractivity contribution in [2.24, 2.45) is 0 Å². The molecule has 0 fully saturated rings. The number of hydrogen-bond donors (Lipinski definition) is 3. The lowest BCUT2D eigenvalue weighted by Gasteiger charge is -2.28. The van der Waals surface area contributed by atoms with Crippen molar-refractivity contribution in [3.05, 3.63) is 53.3 Å². The zero-order valence-electron chi connectivity index (χ0n) is 12.6. The predicted octanol–water partition coefficient (Wildman–Crippen LogP) is 1.88. The summed E-state index contributed by atoms with van der Waals surface area (Å²) in [6, 6.07) is 10.6. The lowest BCUT2D eigenvalue weighted by atomic mass is 9.78. The molecule has 1 atom stereocenters. The number of nitrogens with zero attached hydrogens (tertiary/aromatic N) is 1. The van der Waals surface area contributed by atoms with Gasteiger partial charge in [-0.05, 0) is 25.0 Å². The van der Waals surface area contributed by atoms with Crippen molar-refractivity contribution < 1.29 is 14.7 Å². The largest absolute Gasteiger partial charge is 0.481 e. The SMILES string of the molecule is CCC(CNC(=O)c1cc(C)[nH]n1)(C(=O)O)c1ccccc1. The Morgan fingerprint density at radius 2 is 2.00 bits per heavy atom. The molecule has 0 bridgehead atoms. The average molecular weight is 301 g/mol. The Morgan fingerprint density at radius 1 is 1.32 bits per heavy atom. The predicted molar refractivity (Wildman–Crippen MR) is 81.7 cm³/mol. The highest BCUT2D eigenvalue weighted by molar-refractivity contribution is 5.93. The number of aryl methyl sites for hydroxylation is 1. The molecule has 22 heavy (non-hydrogen) atoms. The molecule has 6 nitrogen and oxygen atoms in total. The third-order valence-electron chi connectivity index (χ3n) is 3.83. The van der Waals surface area contributed by atoms with E-state index in [1.54, 1.807) is 44.2 Å². The molecule has 3 N–H and O–H groups in total. The molecule has 1 aromatic heterocycles. The first kappa shape index (κ1) is 15.8. The van der Waals surface area contributed by atoms with E-state index in [0.717, 1.165) is 5.69 Å². The molecule has 1 unspecified atom stereocenters. The second kappa shape index (κ2) is 6.43. The van der Waals surface area contributed by atoms with Crippen molar-refractivity contribution in [3.63, 3.8) is 0 Å². The fraction of sp³-hybridized carbons (Fsp3) is 0.312. The number of carbonyl (C=O) groups excluding carboxylic acids is 1. The Bertz CT molecular complexity index is 666. The van der Waals surface area contributed by atoms with Crippen LogP contribution in [0.25, 0.3) is 0 Å². The maximum absolute atomic E-state index is 12.1. The van der Waals surface area contributed by atoms with Crippen molar-refractivity contribution in [3.8, 4) is 0 Å². The molecule has 0 spiro atoms. The van der Waals surface area contributed by atoms with Gasteiger partial charge in [0.2, 0.25) is 0 Å². The summed E-state index contributed by atoms with van der Waals surface area (Å²) in [6.07, 6.45) is 0.367. The van der Waals surface area contributed by atoms with Crippen LogP contribution < -0.4 is 5.32 Å². The molecular formula is C16H19N3O3. The summed E-state index contributed by atoms with van der Waals surface area (Å²) in [4.78, 5) is 23.9. The van der Waals surface area contributed by atoms with E-state index >= 15 is 0 Å². The Balaban J connectivity index is 2.21. The number of carbonyl (C=O) groups is 2. The van der Waals surface area contributed by atoms with Gasteiger partial charge in [0, 0.05) is 12.2 Å². The van der Waals surface area contributed by atoms with Gasteiger partial charge < -0.3 is 10.4 Å².